The molecule has 1 unspecified atom stereocenters. The lowest BCUT2D eigenvalue weighted by atomic mass is 10.2. The molecular weight excluding hydrogens is 303 g/mol. The van der Waals surface area contributed by atoms with Crippen LogP contribution < -0.4 is 0 Å². The van der Waals surface area contributed by atoms with Crippen molar-refractivity contribution in [2.24, 2.45) is 0 Å². The minimum atomic E-state index is -3.80. The van der Waals surface area contributed by atoms with Crippen molar-refractivity contribution in [1.29, 1.82) is 0 Å². The first-order chi connectivity index (χ1) is 9.36. The molecule has 0 radical (unpaired) electrons. The van der Waals surface area contributed by atoms with E-state index in [2.05, 4.69) is 0 Å². The number of likely N-dealkylation sites (N-methyl/N-ethyl adjacent to an activating group) is 1. The summed E-state index contributed by atoms with van der Waals surface area (Å²) in [7, 11) is 0.0290. The van der Waals surface area contributed by atoms with E-state index in [-0.39, 0.29) is 16.8 Å². The molecule has 4 nitrogen and oxygen atoms in total. The van der Waals surface area contributed by atoms with Crippen LogP contribution in [-0.4, -0.2) is 50.8 Å². The summed E-state index contributed by atoms with van der Waals surface area (Å²) >= 11 is 5.69. The van der Waals surface area contributed by atoms with Gasteiger partial charge in [-0.15, -0.1) is 11.6 Å². The zero-order valence-electron chi connectivity index (χ0n) is 11.5. The number of nitrogens with zero attached hydrogens (tertiary/aromatic N) is 2. The summed E-state index contributed by atoms with van der Waals surface area (Å²) < 4.78 is 40.2. The lowest BCUT2D eigenvalue weighted by Crippen LogP contribution is -2.34. The maximum absolute atomic E-state index is 13.9. The van der Waals surface area contributed by atoms with Crippen molar-refractivity contribution in [3.05, 3.63) is 29.6 Å². The number of alkyl halides is 1. The molecule has 0 aliphatic carbocycles. The van der Waals surface area contributed by atoms with Crippen LogP contribution in [0.5, 0.6) is 0 Å². The van der Waals surface area contributed by atoms with E-state index in [1.807, 2.05) is 19.0 Å². The first-order valence-corrected chi connectivity index (χ1v) is 8.34. The SMILES string of the molecule is CN(C)C1CCN(S(=O)(=O)c2cc(CCl)ccc2F)C1. The van der Waals surface area contributed by atoms with Gasteiger partial charge in [0, 0.05) is 25.0 Å². The molecule has 1 aliphatic rings. The second-order valence-corrected chi connectivity index (χ2v) is 7.34. The van der Waals surface area contributed by atoms with Gasteiger partial charge in [0.25, 0.3) is 0 Å². The zero-order chi connectivity index (χ0) is 14.9. The van der Waals surface area contributed by atoms with Crippen LogP contribution in [0.25, 0.3) is 0 Å². The molecule has 1 fully saturated rings. The molecule has 0 spiro atoms. The molecule has 112 valence electrons. The highest BCUT2D eigenvalue weighted by molar-refractivity contribution is 7.89. The van der Waals surface area contributed by atoms with E-state index in [0.717, 1.165) is 12.5 Å². The molecule has 0 N–H and O–H groups in total. The fourth-order valence-corrected chi connectivity index (χ4v) is 4.09. The molecule has 2 rings (SSSR count). The average molecular weight is 321 g/mol. The highest BCUT2D eigenvalue weighted by Gasteiger charge is 2.34. The smallest absolute Gasteiger partial charge is 0.246 e. The van der Waals surface area contributed by atoms with Crippen LogP contribution >= 0.6 is 11.6 Å². The fraction of sp³-hybridized carbons (Fsp3) is 0.538. The molecule has 1 saturated heterocycles. The van der Waals surface area contributed by atoms with E-state index in [0.29, 0.717) is 18.7 Å². The summed E-state index contributed by atoms with van der Waals surface area (Å²) in [5.41, 5.74) is 0.593. The molecule has 1 atom stereocenters. The summed E-state index contributed by atoms with van der Waals surface area (Å²) in [4.78, 5) is 1.70. The van der Waals surface area contributed by atoms with Gasteiger partial charge in [0.2, 0.25) is 10.0 Å². The average Bonchev–Trinajstić information content (AvgIpc) is 2.89. The molecule has 0 saturated carbocycles. The van der Waals surface area contributed by atoms with Crippen molar-refractivity contribution >= 4 is 21.6 Å². The molecular formula is C13H18ClFN2O2S. The topological polar surface area (TPSA) is 40.6 Å². The highest BCUT2D eigenvalue weighted by Crippen LogP contribution is 2.25. The van der Waals surface area contributed by atoms with Crippen molar-refractivity contribution in [2.75, 3.05) is 27.2 Å². The van der Waals surface area contributed by atoms with Gasteiger partial charge in [0.1, 0.15) is 10.7 Å². The second-order valence-electron chi connectivity index (χ2n) is 5.17. The Bertz CT molecular complexity index is 592. The van der Waals surface area contributed by atoms with Crippen LogP contribution in [0.1, 0.15) is 12.0 Å². The summed E-state index contributed by atoms with van der Waals surface area (Å²) in [6.07, 6.45) is 0.753. The predicted molar refractivity (Wildman–Crippen MR) is 76.8 cm³/mol. The van der Waals surface area contributed by atoms with Gasteiger partial charge in [0.15, 0.2) is 0 Å². The summed E-state index contributed by atoms with van der Waals surface area (Å²) in [5.74, 6) is -0.574. The van der Waals surface area contributed by atoms with Crippen molar-refractivity contribution in [3.8, 4) is 0 Å². The van der Waals surface area contributed by atoms with Gasteiger partial charge in [-0.3, -0.25) is 0 Å². The largest absolute Gasteiger partial charge is 0.305 e. The van der Waals surface area contributed by atoms with Gasteiger partial charge in [-0.05, 0) is 38.2 Å². The van der Waals surface area contributed by atoms with Gasteiger partial charge in [0.05, 0.1) is 0 Å². The Morgan fingerprint density at radius 2 is 2.15 bits per heavy atom. The number of sulfonamides is 1. The molecule has 1 aromatic carbocycles. The molecule has 1 aliphatic heterocycles. The number of benzene rings is 1. The Hall–Kier alpha value is -0.690. The summed E-state index contributed by atoms with van der Waals surface area (Å²) in [5, 5.41) is 0. The first kappa shape index (κ1) is 15.7. The molecule has 20 heavy (non-hydrogen) atoms. The predicted octanol–water partition coefficient (Wildman–Crippen LogP) is 1.89. The number of halogens is 2. The van der Waals surface area contributed by atoms with Crippen molar-refractivity contribution in [3.63, 3.8) is 0 Å². The minimum absolute atomic E-state index is 0.156. The van der Waals surface area contributed by atoms with E-state index in [4.69, 9.17) is 11.6 Å². The highest BCUT2D eigenvalue weighted by atomic mass is 35.5. The van der Waals surface area contributed by atoms with Gasteiger partial charge >= 0.3 is 0 Å². The maximum Gasteiger partial charge on any atom is 0.246 e. The quantitative estimate of drug-likeness (QED) is 0.796. The van der Waals surface area contributed by atoms with Gasteiger partial charge in [-0.25, -0.2) is 12.8 Å². The van der Waals surface area contributed by atoms with Crippen molar-refractivity contribution < 1.29 is 12.8 Å². The van der Waals surface area contributed by atoms with E-state index in [9.17, 15) is 12.8 Å². The Balaban J connectivity index is 2.32. The van der Waals surface area contributed by atoms with E-state index in [1.54, 1.807) is 0 Å². The summed E-state index contributed by atoms with van der Waals surface area (Å²) in [6.45, 7) is 0.801. The third-order valence-electron chi connectivity index (χ3n) is 3.62. The standard InChI is InChI=1S/C13H18ClFN2O2S/c1-16(2)11-5-6-17(9-11)20(18,19)13-7-10(8-14)3-4-12(13)15/h3-4,7,11H,5-6,8-9H2,1-2H3. The summed E-state index contributed by atoms with van der Waals surface area (Å²) in [6, 6.07) is 4.14. The maximum atomic E-state index is 13.9. The number of hydrogen-bond acceptors (Lipinski definition) is 3. The van der Waals surface area contributed by atoms with Gasteiger partial charge < -0.3 is 4.90 Å². The first-order valence-electron chi connectivity index (χ1n) is 6.37. The Kier molecular flexibility index (Phi) is 4.69. The van der Waals surface area contributed by atoms with E-state index >= 15 is 0 Å². The normalized spacial score (nSPS) is 20.8. The van der Waals surface area contributed by atoms with Crippen LogP contribution in [-0.2, 0) is 15.9 Å². The van der Waals surface area contributed by atoms with E-state index < -0.39 is 15.8 Å². The van der Waals surface area contributed by atoms with Gasteiger partial charge in [-0.2, -0.15) is 4.31 Å². The molecule has 0 bridgehead atoms. The van der Waals surface area contributed by atoms with Crippen LogP contribution in [0.15, 0.2) is 23.1 Å². The molecule has 0 aromatic heterocycles. The second kappa shape index (κ2) is 5.97. The molecule has 1 heterocycles. The Morgan fingerprint density at radius 3 is 2.70 bits per heavy atom. The third-order valence-corrected chi connectivity index (χ3v) is 5.81. The van der Waals surface area contributed by atoms with Crippen molar-refractivity contribution in [1.82, 2.24) is 9.21 Å². The lowest BCUT2D eigenvalue weighted by Gasteiger charge is -2.20. The lowest BCUT2D eigenvalue weighted by molar-refractivity contribution is 0.302. The van der Waals surface area contributed by atoms with Crippen LogP contribution in [0.3, 0.4) is 0 Å². The fourth-order valence-electron chi connectivity index (χ4n) is 2.32. The van der Waals surface area contributed by atoms with E-state index in [1.165, 1.54) is 16.4 Å². The Morgan fingerprint density at radius 1 is 1.45 bits per heavy atom. The number of hydrogen-bond donors (Lipinski definition) is 0. The number of rotatable bonds is 4. The zero-order valence-corrected chi connectivity index (χ0v) is 13.1. The minimum Gasteiger partial charge on any atom is -0.305 e. The van der Waals surface area contributed by atoms with Gasteiger partial charge in [-0.1, -0.05) is 6.07 Å². The third kappa shape index (κ3) is 2.98. The van der Waals surface area contributed by atoms with Crippen LogP contribution in [0.2, 0.25) is 0 Å². The monoisotopic (exact) mass is 320 g/mol. The molecule has 7 heteroatoms. The molecule has 1 aromatic rings. The Labute approximate surface area is 124 Å². The molecule has 0 amide bonds. The van der Waals surface area contributed by atoms with Crippen molar-refractivity contribution in [2.45, 2.75) is 23.2 Å². The van der Waals surface area contributed by atoms with Crippen LogP contribution in [0, 0.1) is 5.82 Å². The van der Waals surface area contributed by atoms with Crippen LogP contribution in [0.4, 0.5) is 4.39 Å².